The fraction of sp³-hybridized carbons (Fsp3) is 0.381. The summed E-state index contributed by atoms with van der Waals surface area (Å²) in [5, 5.41) is 2.84. The quantitative estimate of drug-likeness (QED) is 0.802. The van der Waals surface area contributed by atoms with E-state index in [2.05, 4.69) is 5.32 Å². The van der Waals surface area contributed by atoms with Crippen molar-refractivity contribution < 1.29 is 23.2 Å². The van der Waals surface area contributed by atoms with Gasteiger partial charge in [0.25, 0.3) is 11.8 Å². The Bertz CT molecular complexity index is 920. The molecule has 29 heavy (non-hydrogen) atoms. The molecule has 0 saturated carbocycles. The maximum Gasteiger partial charge on any atom is 0.325 e. The third-order valence-corrected chi connectivity index (χ3v) is 5.89. The highest BCUT2D eigenvalue weighted by Gasteiger charge is 2.52. The zero-order chi connectivity index (χ0) is 20.6. The first-order chi connectivity index (χ1) is 13.9. The van der Waals surface area contributed by atoms with Crippen LogP contribution in [0.15, 0.2) is 47.1 Å². The Hall–Kier alpha value is -3.16. The van der Waals surface area contributed by atoms with E-state index in [4.69, 9.17) is 4.42 Å². The van der Waals surface area contributed by atoms with E-state index < -0.39 is 11.6 Å². The van der Waals surface area contributed by atoms with Gasteiger partial charge in [-0.15, -0.1) is 0 Å². The Balaban J connectivity index is 1.42. The molecule has 2 aliphatic rings. The lowest BCUT2D eigenvalue weighted by Crippen LogP contribution is -2.54. The number of urea groups is 1. The monoisotopic (exact) mass is 399 g/mol. The van der Waals surface area contributed by atoms with E-state index >= 15 is 0 Å². The van der Waals surface area contributed by atoms with Gasteiger partial charge in [0.15, 0.2) is 5.76 Å². The second-order valence-electron chi connectivity index (χ2n) is 7.69. The molecule has 2 saturated heterocycles. The molecule has 0 radical (unpaired) electrons. The topological polar surface area (TPSA) is 82.9 Å². The van der Waals surface area contributed by atoms with Crippen molar-refractivity contribution in [2.75, 3.05) is 13.1 Å². The molecule has 3 heterocycles. The van der Waals surface area contributed by atoms with Crippen LogP contribution in [0.1, 0.15) is 35.9 Å². The van der Waals surface area contributed by atoms with E-state index in [-0.39, 0.29) is 30.1 Å². The van der Waals surface area contributed by atoms with Gasteiger partial charge in [0.1, 0.15) is 11.4 Å². The minimum atomic E-state index is -1.02. The van der Waals surface area contributed by atoms with Crippen molar-refractivity contribution >= 4 is 17.8 Å². The molecule has 0 bridgehead atoms. The van der Waals surface area contributed by atoms with E-state index in [1.807, 2.05) is 0 Å². The number of hydrogen-bond acceptors (Lipinski definition) is 4. The summed E-state index contributed by atoms with van der Waals surface area (Å²) in [5.41, 5.74) is -0.338. The molecule has 4 amide bonds. The highest BCUT2D eigenvalue weighted by molar-refractivity contribution is 6.07. The molecule has 0 spiro atoms. The van der Waals surface area contributed by atoms with Crippen LogP contribution in [-0.4, -0.2) is 46.3 Å². The van der Waals surface area contributed by atoms with Crippen molar-refractivity contribution in [1.82, 2.24) is 15.1 Å². The molecule has 7 nitrogen and oxygen atoms in total. The smallest absolute Gasteiger partial charge is 0.325 e. The molecule has 1 aromatic heterocycles. The Morgan fingerprint density at radius 2 is 1.90 bits per heavy atom. The minimum Gasteiger partial charge on any atom is -0.459 e. The summed E-state index contributed by atoms with van der Waals surface area (Å²) in [6.07, 6.45) is 2.65. The van der Waals surface area contributed by atoms with Gasteiger partial charge in [-0.1, -0.05) is 12.1 Å². The number of carbonyl (C=O) groups excluding carboxylic acids is 3. The van der Waals surface area contributed by atoms with Crippen molar-refractivity contribution in [3.8, 4) is 0 Å². The van der Waals surface area contributed by atoms with Gasteiger partial charge in [-0.05, 0) is 55.5 Å². The molecule has 8 heteroatoms. The van der Waals surface area contributed by atoms with Crippen molar-refractivity contribution in [3.05, 3.63) is 59.8 Å². The standard InChI is InChI=1S/C21H22FN3O4/c1-21(15-8-10-24(11-9-15)18(26)17-3-2-12-29-17)19(27)25(20(28)23-21)13-14-4-6-16(22)7-5-14/h2-7,12,15H,8-11,13H2,1H3,(H,23,28). The highest BCUT2D eigenvalue weighted by Crippen LogP contribution is 2.34. The molecule has 0 aliphatic carbocycles. The van der Waals surface area contributed by atoms with Gasteiger partial charge < -0.3 is 14.6 Å². The molecule has 2 aliphatic heterocycles. The van der Waals surface area contributed by atoms with Crippen LogP contribution in [0.5, 0.6) is 0 Å². The largest absolute Gasteiger partial charge is 0.459 e. The highest BCUT2D eigenvalue weighted by atomic mass is 19.1. The third-order valence-electron chi connectivity index (χ3n) is 5.89. The number of carbonyl (C=O) groups is 3. The summed E-state index contributed by atoms with van der Waals surface area (Å²) in [6, 6.07) is 8.58. The lowest BCUT2D eigenvalue weighted by molar-refractivity contribution is -0.133. The van der Waals surface area contributed by atoms with E-state index in [1.54, 1.807) is 36.1 Å². The van der Waals surface area contributed by atoms with Crippen LogP contribution in [0.2, 0.25) is 0 Å². The van der Waals surface area contributed by atoms with Gasteiger partial charge in [0, 0.05) is 13.1 Å². The Labute approximate surface area is 167 Å². The van der Waals surface area contributed by atoms with E-state index in [1.165, 1.54) is 23.3 Å². The molecular formula is C21H22FN3O4. The van der Waals surface area contributed by atoms with Crippen LogP contribution >= 0.6 is 0 Å². The normalized spacial score (nSPS) is 22.8. The number of amides is 4. The fourth-order valence-electron chi connectivity index (χ4n) is 4.12. The second-order valence-corrected chi connectivity index (χ2v) is 7.69. The summed E-state index contributed by atoms with van der Waals surface area (Å²) in [5.74, 6) is -0.615. The summed E-state index contributed by atoms with van der Waals surface area (Å²) in [6.45, 7) is 2.81. The van der Waals surface area contributed by atoms with Crippen molar-refractivity contribution in [3.63, 3.8) is 0 Å². The number of hydrogen-bond donors (Lipinski definition) is 1. The van der Waals surface area contributed by atoms with Crippen molar-refractivity contribution in [1.29, 1.82) is 0 Å². The van der Waals surface area contributed by atoms with Crippen molar-refractivity contribution in [2.45, 2.75) is 31.8 Å². The number of likely N-dealkylation sites (tertiary alicyclic amines) is 1. The van der Waals surface area contributed by atoms with Gasteiger partial charge in [0.05, 0.1) is 12.8 Å². The lowest BCUT2D eigenvalue weighted by atomic mass is 9.79. The SMILES string of the molecule is CC1(C2CCN(C(=O)c3ccco3)CC2)NC(=O)N(Cc2ccc(F)cc2)C1=O. The van der Waals surface area contributed by atoms with Crippen LogP contribution in [0.25, 0.3) is 0 Å². The summed E-state index contributed by atoms with van der Waals surface area (Å²) in [7, 11) is 0. The first kappa shape index (κ1) is 19.2. The fourth-order valence-corrected chi connectivity index (χ4v) is 4.12. The van der Waals surface area contributed by atoms with Crippen molar-refractivity contribution in [2.24, 2.45) is 5.92 Å². The number of imide groups is 1. The summed E-state index contributed by atoms with van der Waals surface area (Å²) >= 11 is 0. The average Bonchev–Trinajstić information content (AvgIpc) is 3.33. The number of benzene rings is 1. The number of halogens is 1. The molecule has 1 N–H and O–H groups in total. The molecule has 1 unspecified atom stereocenters. The molecule has 152 valence electrons. The van der Waals surface area contributed by atoms with Crippen LogP contribution < -0.4 is 5.32 Å². The number of furan rings is 1. The predicted molar refractivity (Wildman–Crippen MR) is 101 cm³/mol. The Morgan fingerprint density at radius 1 is 1.21 bits per heavy atom. The van der Waals surface area contributed by atoms with Gasteiger partial charge in [-0.2, -0.15) is 0 Å². The molecule has 1 aromatic carbocycles. The maximum atomic E-state index is 13.1. The predicted octanol–water partition coefficient (Wildman–Crippen LogP) is 2.78. The Kier molecular flexibility index (Phi) is 4.86. The van der Waals surface area contributed by atoms with Crippen LogP contribution in [0.3, 0.4) is 0 Å². The average molecular weight is 399 g/mol. The van der Waals surface area contributed by atoms with Crippen LogP contribution in [0.4, 0.5) is 9.18 Å². The van der Waals surface area contributed by atoms with Gasteiger partial charge in [0.2, 0.25) is 0 Å². The third kappa shape index (κ3) is 3.50. The minimum absolute atomic E-state index is 0.0854. The zero-order valence-electron chi connectivity index (χ0n) is 16.1. The molecule has 2 fully saturated rings. The van der Waals surface area contributed by atoms with Gasteiger partial charge >= 0.3 is 6.03 Å². The van der Waals surface area contributed by atoms with Gasteiger partial charge in [-0.3, -0.25) is 14.5 Å². The summed E-state index contributed by atoms with van der Waals surface area (Å²) < 4.78 is 18.3. The number of piperidine rings is 1. The van der Waals surface area contributed by atoms with Crippen LogP contribution in [-0.2, 0) is 11.3 Å². The first-order valence-corrected chi connectivity index (χ1v) is 9.60. The summed E-state index contributed by atoms with van der Waals surface area (Å²) in [4.78, 5) is 40.9. The van der Waals surface area contributed by atoms with E-state index in [0.29, 0.717) is 37.3 Å². The lowest BCUT2D eigenvalue weighted by Gasteiger charge is -2.38. The molecule has 1 atom stereocenters. The van der Waals surface area contributed by atoms with E-state index in [0.717, 1.165) is 0 Å². The molecular weight excluding hydrogens is 377 g/mol. The maximum absolute atomic E-state index is 13.1. The van der Waals surface area contributed by atoms with Crippen LogP contribution in [0, 0.1) is 11.7 Å². The van der Waals surface area contributed by atoms with Gasteiger partial charge in [-0.25, -0.2) is 9.18 Å². The van der Waals surface area contributed by atoms with E-state index in [9.17, 15) is 18.8 Å². The second kappa shape index (κ2) is 7.35. The zero-order valence-corrected chi connectivity index (χ0v) is 16.1. The molecule has 2 aromatic rings. The molecule has 4 rings (SSSR count). The Morgan fingerprint density at radius 3 is 2.52 bits per heavy atom. The number of rotatable bonds is 4. The number of nitrogens with zero attached hydrogens (tertiary/aromatic N) is 2. The number of nitrogens with one attached hydrogen (secondary N) is 1. The first-order valence-electron chi connectivity index (χ1n) is 9.60.